The second-order valence-electron chi connectivity index (χ2n) is 6.52. The van der Waals surface area contributed by atoms with Gasteiger partial charge in [-0.05, 0) is 43.0 Å². The van der Waals surface area contributed by atoms with Crippen molar-refractivity contribution in [2.24, 2.45) is 5.92 Å². The van der Waals surface area contributed by atoms with Gasteiger partial charge in [-0.2, -0.15) is 5.26 Å². The van der Waals surface area contributed by atoms with Gasteiger partial charge in [0.25, 0.3) is 11.8 Å². The zero-order valence-electron chi connectivity index (χ0n) is 14.6. The number of piperidine rings is 1. The monoisotopic (exact) mass is 348 g/mol. The van der Waals surface area contributed by atoms with Crippen LogP contribution >= 0.6 is 0 Å². The minimum atomic E-state index is -0.378. The summed E-state index contributed by atoms with van der Waals surface area (Å²) in [5.74, 6) is 0.102. The van der Waals surface area contributed by atoms with E-state index in [2.05, 4.69) is 17.2 Å². The van der Waals surface area contributed by atoms with Crippen LogP contribution in [-0.2, 0) is 0 Å². The van der Waals surface area contributed by atoms with E-state index in [1.54, 1.807) is 35.2 Å². The smallest absolute Gasteiger partial charge is 0.272 e. The summed E-state index contributed by atoms with van der Waals surface area (Å²) in [4.78, 5) is 31.1. The topological polar surface area (TPSA) is 86.1 Å². The average Bonchev–Trinajstić information content (AvgIpc) is 2.68. The van der Waals surface area contributed by atoms with Crippen molar-refractivity contribution < 1.29 is 9.59 Å². The summed E-state index contributed by atoms with van der Waals surface area (Å²) < 4.78 is 0. The van der Waals surface area contributed by atoms with Crippen molar-refractivity contribution in [1.29, 1.82) is 5.26 Å². The Morgan fingerprint density at radius 1 is 1.23 bits per heavy atom. The van der Waals surface area contributed by atoms with E-state index in [0.717, 1.165) is 12.8 Å². The molecule has 1 aliphatic heterocycles. The maximum atomic E-state index is 12.6. The number of hydrogen-bond acceptors (Lipinski definition) is 4. The first-order chi connectivity index (χ1) is 12.6. The fourth-order valence-electron chi connectivity index (χ4n) is 2.95. The molecule has 3 rings (SSSR count). The van der Waals surface area contributed by atoms with E-state index >= 15 is 0 Å². The summed E-state index contributed by atoms with van der Waals surface area (Å²) >= 11 is 0. The zero-order chi connectivity index (χ0) is 18.5. The normalized spacial score (nSPS) is 14.5. The molecule has 0 atom stereocenters. The molecule has 2 amide bonds. The van der Waals surface area contributed by atoms with Crippen molar-refractivity contribution in [1.82, 2.24) is 9.88 Å². The van der Waals surface area contributed by atoms with E-state index in [1.165, 1.54) is 12.3 Å². The number of para-hydroxylation sites is 1. The Morgan fingerprint density at radius 3 is 2.69 bits per heavy atom. The first kappa shape index (κ1) is 17.6. The molecule has 0 bridgehead atoms. The molecular formula is C20H20N4O2. The Morgan fingerprint density at radius 2 is 1.96 bits per heavy atom. The Bertz CT molecular complexity index is 864. The number of carbonyl (C=O) groups excluding carboxylic acids is 2. The predicted molar refractivity (Wildman–Crippen MR) is 97.6 cm³/mol. The average molecular weight is 348 g/mol. The third-order valence-corrected chi connectivity index (χ3v) is 4.61. The number of likely N-dealkylation sites (tertiary alicyclic amines) is 1. The fourth-order valence-corrected chi connectivity index (χ4v) is 2.95. The standard InChI is InChI=1S/C20H20N4O2/c1-14-7-10-24(11-8-14)20(26)18-12-15(6-9-22-18)19(25)23-17-5-3-2-4-16(17)13-21/h2-6,9,12,14H,7-8,10-11H2,1H3,(H,23,25). The molecule has 1 aromatic heterocycles. The van der Waals surface area contributed by atoms with E-state index in [0.29, 0.717) is 35.8 Å². The van der Waals surface area contributed by atoms with Crippen molar-refractivity contribution in [3.63, 3.8) is 0 Å². The van der Waals surface area contributed by atoms with Gasteiger partial charge < -0.3 is 10.2 Å². The summed E-state index contributed by atoms with van der Waals surface area (Å²) in [6, 6.07) is 11.9. The van der Waals surface area contributed by atoms with Gasteiger partial charge >= 0.3 is 0 Å². The Hall–Kier alpha value is -3.20. The summed E-state index contributed by atoms with van der Waals surface area (Å²) in [7, 11) is 0. The van der Waals surface area contributed by atoms with E-state index in [4.69, 9.17) is 5.26 Å². The molecular weight excluding hydrogens is 328 g/mol. The highest BCUT2D eigenvalue weighted by atomic mass is 16.2. The van der Waals surface area contributed by atoms with Crippen LogP contribution in [-0.4, -0.2) is 34.8 Å². The van der Waals surface area contributed by atoms with E-state index < -0.39 is 0 Å². The third kappa shape index (κ3) is 3.89. The highest BCUT2D eigenvalue weighted by molar-refractivity contribution is 6.06. The quantitative estimate of drug-likeness (QED) is 0.923. The molecule has 0 radical (unpaired) electrons. The highest BCUT2D eigenvalue weighted by Gasteiger charge is 2.23. The fraction of sp³-hybridized carbons (Fsp3) is 0.300. The van der Waals surface area contributed by atoms with E-state index in [9.17, 15) is 9.59 Å². The second-order valence-corrected chi connectivity index (χ2v) is 6.52. The minimum Gasteiger partial charge on any atom is -0.337 e. The van der Waals surface area contributed by atoms with Gasteiger partial charge in [0, 0.05) is 24.8 Å². The van der Waals surface area contributed by atoms with Crippen LogP contribution in [0.4, 0.5) is 5.69 Å². The first-order valence-corrected chi connectivity index (χ1v) is 8.64. The number of anilines is 1. The number of nitriles is 1. The second kappa shape index (κ2) is 7.79. The number of rotatable bonds is 3. The highest BCUT2D eigenvalue weighted by Crippen LogP contribution is 2.19. The minimum absolute atomic E-state index is 0.149. The molecule has 0 aliphatic carbocycles. The number of aromatic nitrogens is 1. The molecule has 2 aromatic rings. The van der Waals surface area contributed by atoms with Gasteiger partial charge in [-0.1, -0.05) is 19.1 Å². The lowest BCUT2D eigenvalue weighted by molar-refractivity contribution is 0.0691. The van der Waals surface area contributed by atoms with Crippen LogP contribution in [0, 0.1) is 17.2 Å². The molecule has 1 aromatic carbocycles. The number of amides is 2. The van der Waals surface area contributed by atoms with Crippen molar-refractivity contribution in [2.45, 2.75) is 19.8 Å². The Balaban J connectivity index is 1.75. The van der Waals surface area contributed by atoms with Gasteiger partial charge in [0.1, 0.15) is 11.8 Å². The maximum absolute atomic E-state index is 12.6. The van der Waals surface area contributed by atoms with Crippen LogP contribution in [0.3, 0.4) is 0 Å². The van der Waals surface area contributed by atoms with Crippen molar-refractivity contribution >= 4 is 17.5 Å². The number of pyridine rings is 1. The summed E-state index contributed by atoms with van der Waals surface area (Å²) in [5.41, 5.74) is 1.42. The molecule has 1 aliphatic rings. The third-order valence-electron chi connectivity index (χ3n) is 4.61. The van der Waals surface area contributed by atoms with Crippen molar-refractivity contribution in [3.8, 4) is 6.07 Å². The van der Waals surface area contributed by atoms with Crippen LogP contribution in [0.2, 0.25) is 0 Å². The van der Waals surface area contributed by atoms with Gasteiger partial charge in [0.15, 0.2) is 0 Å². The van der Waals surface area contributed by atoms with Gasteiger partial charge in [0.2, 0.25) is 0 Å². The number of benzene rings is 1. The van der Waals surface area contributed by atoms with Crippen LogP contribution in [0.25, 0.3) is 0 Å². The van der Waals surface area contributed by atoms with Gasteiger partial charge in [0.05, 0.1) is 11.3 Å². The van der Waals surface area contributed by atoms with Crippen LogP contribution in [0.15, 0.2) is 42.6 Å². The molecule has 0 saturated carbocycles. The molecule has 1 saturated heterocycles. The number of hydrogen-bond donors (Lipinski definition) is 1. The molecule has 26 heavy (non-hydrogen) atoms. The molecule has 132 valence electrons. The predicted octanol–water partition coefficient (Wildman–Crippen LogP) is 3.08. The van der Waals surface area contributed by atoms with Crippen LogP contribution in [0.1, 0.15) is 46.2 Å². The molecule has 2 heterocycles. The van der Waals surface area contributed by atoms with Crippen molar-refractivity contribution in [3.05, 3.63) is 59.4 Å². The SMILES string of the molecule is CC1CCN(C(=O)c2cc(C(=O)Nc3ccccc3C#N)ccn2)CC1. The molecule has 1 fully saturated rings. The van der Waals surface area contributed by atoms with E-state index in [-0.39, 0.29) is 17.5 Å². The molecule has 0 spiro atoms. The van der Waals surface area contributed by atoms with Gasteiger partial charge in [-0.3, -0.25) is 14.6 Å². The lowest BCUT2D eigenvalue weighted by atomic mass is 9.99. The molecule has 0 unspecified atom stereocenters. The van der Waals surface area contributed by atoms with Crippen molar-refractivity contribution in [2.75, 3.05) is 18.4 Å². The van der Waals surface area contributed by atoms with Crippen LogP contribution < -0.4 is 5.32 Å². The summed E-state index contributed by atoms with van der Waals surface area (Å²) in [5, 5.41) is 11.8. The van der Waals surface area contributed by atoms with E-state index in [1.807, 2.05) is 6.07 Å². The largest absolute Gasteiger partial charge is 0.337 e. The lowest BCUT2D eigenvalue weighted by Crippen LogP contribution is -2.38. The Labute approximate surface area is 152 Å². The molecule has 6 heteroatoms. The Kier molecular flexibility index (Phi) is 5.28. The number of carbonyl (C=O) groups is 2. The number of nitrogens with zero attached hydrogens (tertiary/aromatic N) is 3. The molecule has 6 nitrogen and oxygen atoms in total. The molecule has 1 N–H and O–H groups in total. The van der Waals surface area contributed by atoms with Crippen LogP contribution in [0.5, 0.6) is 0 Å². The van der Waals surface area contributed by atoms with Gasteiger partial charge in [-0.25, -0.2) is 0 Å². The zero-order valence-corrected chi connectivity index (χ0v) is 14.6. The summed E-state index contributed by atoms with van der Waals surface area (Å²) in [6.45, 7) is 3.62. The maximum Gasteiger partial charge on any atom is 0.272 e. The summed E-state index contributed by atoms with van der Waals surface area (Å²) in [6.07, 6.45) is 3.43. The lowest BCUT2D eigenvalue weighted by Gasteiger charge is -2.30. The van der Waals surface area contributed by atoms with Gasteiger partial charge in [-0.15, -0.1) is 0 Å². The number of nitrogens with one attached hydrogen (secondary N) is 1. The first-order valence-electron chi connectivity index (χ1n) is 8.64.